The Kier molecular flexibility index (Phi) is 5.60. The third kappa shape index (κ3) is 4.22. The van der Waals surface area contributed by atoms with E-state index in [9.17, 15) is 14.7 Å². The molecule has 2 amide bonds. The van der Waals surface area contributed by atoms with Crippen LogP contribution in [0.4, 0.5) is 4.79 Å². The summed E-state index contributed by atoms with van der Waals surface area (Å²) in [6.45, 7) is 2.40. The van der Waals surface area contributed by atoms with Crippen LogP contribution in [0.2, 0.25) is 0 Å². The fourth-order valence-electron chi connectivity index (χ4n) is 2.85. The number of aliphatic carboxylic acids is 1. The van der Waals surface area contributed by atoms with Crippen molar-refractivity contribution in [3.05, 3.63) is 35.9 Å². The number of carbonyl (C=O) groups is 2. The molecule has 1 aromatic carbocycles. The highest BCUT2D eigenvalue weighted by Crippen LogP contribution is 2.30. The molecule has 6 heteroatoms. The first-order chi connectivity index (χ1) is 11.0. The lowest BCUT2D eigenvalue weighted by Gasteiger charge is -2.25. The zero-order chi connectivity index (χ0) is 16.9. The summed E-state index contributed by atoms with van der Waals surface area (Å²) >= 11 is 0. The molecule has 0 aliphatic carbocycles. The van der Waals surface area contributed by atoms with Crippen LogP contribution in [0.5, 0.6) is 0 Å². The molecular weight excluding hydrogens is 296 g/mol. The Morgan fingerprint density at radius 3 is 2.61 bits per heavy atom. The van der Waals surface area contributed by atoms with Gasteiger partial charge in [-0.2, -0.15) is 0 Å². The molecule has 23 heavy (non-hydrogen) atoms. The summed E-state index contributed by atoms with van der Waals surface area (Å²) in [5.41, 5.74) is 0.111. The van der Waals surface area contributed by atoms with Gasteiger partial charge in [-0.15, -0.1) is 0 Å². The van der Waals surface area contributed by atoms with Gasteiger partial charge in [-0.3, -0.25) is 4.79 Å². The van der Waals surface area contributed by atoms with Crippen LogP contribution >= 0.6 is 0 Å². The monoisotopic (exact) mass is 320 g/mol. The molecule has 1 aliphatic heterocycles. The maximum Gasteiger partial charge on any atom is 0.317 e. The quantitative estimate of drug-likeness (QED) is 0.748. The fourth-order valence-corrected chi connectivity index (χ4v) is 2.85. The summed E-state index contributed by atoms with van der Waals surface area (Å²) in [5, 5.41) is 21.3. The SMILES string of the molecule is CC1(C(=O)O)CCN(C(=O)NC(CCCO)c2ccccc2)C1. The van der Waals surface area contributed by atoms with Gasteiger partial charge in [0.1, 0.15) is 0 Å². The van der Waals surface area contributed by atoms with E-state index in [2.05, 4.69) is 5.32 Å². The van der Waals surface area contributed by atoms with E-state index in [-0.39, 0.29) is 25.2 Å². The highest BCUT2D eigenvalue weighted by molar-refractivity contribution is 5.79. The molecule has 1 saturated heterocycles. The second-order valence-corrected chi connectivity index (χ2v) is 6.32. The molecule has 0 saturated carbocycles. The number of nitrogens with one attached hydrogen (secondary N) is 1. The Labute approximate surface area is 136 Å². The molecule has 1 aromatic rings. The second kappa shape index (κ2) is 7.46. The van der Waals surface area contributed by atoms with Gasteiger partial charge < -0.3 is 20.4 Å². The summed E-state index contributed by atoms with van der Waals surface area (Å²) < 4.78 is 0. The highest BCUT2D eigenvalue weighted by atomic mass is 16.4. The van der Waals surface area contributed by atoms with Crippen LogP contribution in [0, 0.1) is 5.41 Å². The largest absolute Gasteiger partial charge is 0.481 e. The van der Waals surface area contributed by atoms with Crippen molar-refractivity contribution < 1.29 is 19.8 Å². The molecule has 0 aromatic heterocycles. The van der Waals surface area contributed by atoms with Crippen molar-refractivity contribution in [2.75, 3.05) is 19.7 Å². The lowest BCUT2D eigenvalue weighted by atomic mass is 9.90. The molecule has 2 rings (SSSR count). The van der Waals surface area contributed by atoms with Crippen molar-refractivity contribution in [1.29, 1.82) is 0 Å². The van der Waals surface area contributed by atoms with E-state index in [1.165, 1.54) is 0 Å². The standard InChI is InChI=1S/C17H24N2O4/c1-17(15(21)22)9-10-19(12-17)16(23)18-14(8-5-11-20)13-6-3-2-4-7-13/h2-4,6-7,14,20H,5,8-12H2,1H3,(H,18,23)(H,21,22). The van der Waals surface area contributed by atoms with E-state index in [1.807, 2.05) is 30.3 Å². The van der Waals surface area contributed by atoms with Gasteiger partial charge in [-0.1, -0.05) is 30.3 Å². The minimum Gasteiger partial charge on any atom is -0.481 e. The van der Waals surface area contributed by atoms with Crippen LogP contribution in [0.25, 0.3) is 0 Å². The smallest absolute Gasteiger partial charge is 0.317 e. The molecule has 1 heterocycles. The molecule has 1 fully saturated rings. The first-order valence-electron chi connectivity index (χ1n) is 7.91. The molecule has 1 aliphatic rings. The summed E-state index contributed by atoms with van der Waals surface area (Å²) in [6.07, 6.45) is 1.69. The van der Waals surface area contributed by atoms with Crippen molar-refractivity contribution in [1.82, 2.24) is 10.2 Å². The van der Waals surface area contributed by atoms with Crippen molar-refractivity contribution in [3.63, 3.8) is 0 Å². The van der Waals surface area contributed by atoms with Crippen molar-refractivity contribution in [3.8, 4) is 0 Å². The average molecular weight is 320 g/mol. The number of hydrogen-bond donors (Lipinski definition) is 3. The van der Waals surface area contributed by atoms with Crippen LogP contribution in [-0.2, 0) is 4.79 Å². The van der Waals surface area contributed by atoms with E-state index >= 15 is 0 Å². The zero-order valence-corrected chi connectivity index (χ0v) is 13.4. The number of carboxylic acid groups (broad SMARTS) is 1. The Hall–Kier alpha value is -2.08. The number of carbonyl (C=O) groups excluding carboxylic acids is 1. The average Bonchev–Trinajstić information content (AvgIpc) is 2.96. The van der Waals surface area contributed by atoms with E-state index in [0.717, 1.165) is 5.56 Å². The first kappa shape index (κ1) is 17.3. The first-order valence-corrected chi connectivity index (χ1v) is 7.91. The third-order valence-electron chi connectivity index (χ3n) is 4.43. The van der Waals surface area contributed by atoms with E-state index in [0.29, 0.717) is 25.8 Å². The third-order valence-corrected chi connectivity index (χ3v) is 4.43. The molecule has 2 atom stereocenters. The van der Waals surface area contributed by atoms with Crippen LogP contribution in [0.15, 0.2) is 30.3 Å². The molecule has 3 N–H and O–H groups in total. The van der Waals surface area contributed by atoms with Gasteiger partial charge >= 0.3 is 12.0 Å². The maximum atomic E-state index is 12.5. The Balaban J connectivity index is 2.02. The Morgan fingerprint density at radius 2 is 2.04 bits per heavy atom. The number of benzene rings is 1. The number of carboxylic acids is 1. The van der Waals surface area contributed by atoms with E-state index in [1.54, 1.807) is 11.8 Å². The van der Waals surface area contributed by atoms with Crippen molar-refractivity contribution >= 4 is 12.0 Å². The van der Waals surface area contributed by atoms with Crippen molar-refractivity contribution in [2.24, 2.45) is 5.41 Å². The van der Waals surface area contributed by atoms with Gasteiger partial charge in [-0.25, -0.2) is 4.79 Å². The Morgan fingerprint density at radius 1 is 1.35 bits per heavy atom. The second-order valence-electron chi connectivity index (χ2n) is 6.32. The van der Waals surface area contributed by atoms with Gasteiger partial charge in [0, 0.05) is 19.7 Å². The highest BCUT2D eigenvalue weighted by Gasteiger charge is 2.42. The van der Waals surface area contributed by atoms with Gasteiger partial charge in [0.2, 0.25) is 0 Å². The molecule has 6 nitrogen and oxygen atoms in total. The molecule has 0 spiro atoms. The number of nitrogens with zero attached hydrogens (tertiary/aromatic N) is 1. The lowest BCUT2D eigenvalue weighted by Crippen LogP contribution is -2.42. The van der Waals surface area contributed by atoms with Crippen LogP contribution < -0.4 is 5.32 Å². The normalized spacial score (nSPS) is 21.9. The predicted octanol–water partition coefficient (Wildman–Crippen LogP) is 2.01. The summed E-state index contributed by atoms with van der Waals surface area (Å²) in [6, 6.07) is 9.17. The number of likely N-dealkylation sites (tertiary alicyclic amines) is 1. The number of aliphatic hydroxyl groups excluding tert-OH is 1. The molecule has 0 radical (unpaired) electrons. The van der Waals surface area contributed by atoms with E-state index in [4.69, 9.17) is 5.11 Å². The number of amides is 2. The zero-order valence-electron chi connectivity index (χ0n) is 13.4. The minimum atomic E-state index is -0.870. The van der Waals surface area contributed by atoms with Crippen molar-refractivity contribution in [2.45, 2.75) is 32.2 Å². The molecule has 0 bridgehead atoms. The Bertz CT molecular complexity index is 549. The summed E-state index contributed by atoms with van der Waals surface area (Å²) in [7, 11) is 0. The van der Waals surface area contributed by atoms with Crippen LogP contribution in [-0.4, -0.2) is 46.8 Å². The fraction of sp³-hybridized carbons (Fsp3) is 0.529. The molecule has 2 unspecified atom stereocenters. The van der Waals surface area contributed by atoms with E-state index < -0.39 is 11.4 Å². The summed E-state index contributed by atoms with van der Waals surface area (Å²) in [4.78, 5) is 25.3. The number of urea groups is 1. The number of rotatable bonds is 6. The molecule has 126 valence electrons. The van der Waals surface area contributed by atoms with Gasteiger partial charge in [0.15, 0.2) is 0 Å². The minimum absolute atomic E-state index is 0.0694. The van der Waals surface area contributed by atoms with Crippen LogP contribution in [0.1, 0.15) is 37.8 Å². The molecular formula is C17H24N2O4. The maximum absolute atomic E-state index is 12.5. The topological polar surface area (TPSA) is 89.9 Å². The van der Waals surface area contributed by atoms with Gasteiger partial charge in [0.05, 0.1) is 11.5 Å². The number of aliphatic hydroxyl groups is 1. The summed E-state index contributed by atoms with van der Waals surface area (Å²) in [5.74, 6) is -0.868. The lowest BCUT2D eigenvalue weighted by molar-refractivity contribution is -0.147. The predicted molar refractivity (Wildman–Crippen MR) is 86.0 cm³/mol. The van der Waals surface area contributed by atoms with Crippen LogP contribution in [0.3, 0.4) is 0 Å². The number of hydrogen-bond acceptors (Lipinski definition) is 3. The van der Waals surface area contributed by atoms with Gasteiger partial charge in [-0.05, 0) is 31.7 Å². The van der Waals surface area contributed by atoms with Gasteiger partial charge in [0.25, 0.3) is 0 Å².